The Labute approximate surface area is 97.2 Å². The third kappa shape index (κ3) is 8.72. The predicted molar refractivity (Wildman–Crippen MR) is 71.1 cm³/mol. The Morgan fingerprint density at radius 2 is 1.53 bits per heavy atom. The molecular formula is C15H30. The van der Waals surface area contributed by atoms with Gasteiger partial charge in [-0.2, -0.15) is 0 Å². The molecule has 2 atom stereocenters. The molecule has 0 aliphatic rings. The van der Waals surface area contributed by atoms with Crippen LogP contribution in [0.1, 0.15) is 72.6 Å². The highest BCUT2D eigenvalue weighted by atomic mass is 14.1. The van der Waals surface area contributed by atoms with Gasteiger partial charge in [0.25, 0.3) is 0 Å². The lowest BCUT2D eigenvalue weighted by molar-refractivity contribution is 0.405. The second-order valence-electron chi connectivity index (χ2n) is 5.23. The Hall–Kier alpha value is -0.260. The molecule has 0 spiro atoms. The van der Waals surface area contributed by atoms with Crippen molar-refractivity contribution in [2.24, 2.45) is 11.8 Å². The van der Waals surface area contributed by atoms with Gasteiger partial charge in [-0.05, 0) is 31.1 Å². The molecule has 0 nitrogen and oxygen atoms in total. The summed E-state index contributed by atoms with van der Waals surface area (Å²) >= 11 is 0. The number of rotatable bonds is 9. The Kier molecular flexibility index (Phi) is 8.85. The lowest BCUT2D eigenvalue weighted by atomic mass is 9.92. The van der Waals surface area contributed by atoms with E-state index in [-0.39, 0.29) is 0 Å². The maximum Gasteiger partial charge on any atom is -0.0320 e. The molecule has 0 bridgehead atoms. The van der Waals surface area contributed by atoms with Crippen LogP contribution in [0.15, 0.2) is 12.2 Å². The van der Waals surface area contributed by atoms with Gasteiger partial charge in [-0.15, -0.1) is 0 Å². The molecule has 0 N–H and O–H groups in total. The van der Waals surface area contributed by atoms with Crippen LogP contribution in [0.3, 0.4) is 0 Å². The van der Waals surface area contributed by atoms with Gasteiger partial charge in [0.2, 0.25) is 0 Å². The molecule has 2 unspecified atom stereocenters. The SMILES string of the molecule is C=C(CCC)CCC(C)CCC(C)CC. The van der Waals surface area contributed by atoms with Crippen LogP contribution >= 0.6 is 0 Å². The summed E-state index contributed by atoms with van der Waals surface area (Å²) in [4.78, 5) is 0. The molecule has 0 saturated carbocycles. The molecule has 15 heavy (non-hydrogen) atoms. The van der Waals surface area contributed by atoms with Gasteiger partial charge in [-0.3, -0.25) is 0 Å². The fourth-order valence-electron chi connectivity index (χ4n) is 1.85. The highest BCUT2D eigenvalue weighted by Crippen LogP contribution is 2.21. The van der Waals surface area contributed by atoms with E-state index < -0.39 is 0 Å². The molecule has 0 rings (SSSR count). The first-order valence-electron chi connectivity index (χ1n) is 6.76. The fourth-order valence-corrected chi connectivity index (χ4v) is 1.85. The van der Waals surface area contributed by atoms with E-state index in [0.29, 0.717) is 0 Å². The van der Waals surface area contributed by atoms with Crippen LogP contribution in [0.2, 0.25) is 0 Å². The van der Waals surface area contributed by atoms with Gasteiger partial charge >= 0.3 is 0 Å². The third-order valence-corrected chi connectivity index (χ3v) is 3.44. The zero-order chi connectivity index (χ0) is 11.7. The second-order valence-corrected chi connectivity index (χ2v) is 5.23. The van der Waals surface area contributed by atoms with Gasteiger partial charge < -0.3 is 0 Å². The van der Waals surface area contributed by atoms with Crippen molar-refractivity contribution < 1.29 is 0 Å². The summed E-state index contributed by atoms with van der Waals surface area (Å²) in [5, 5.41) is 0. The zero-order valence-corrected chi connectivity index (χ0v) is 11.3. The molecule has 0 heteroatoms. The lowest BCUT2D eigenvalue weighted by Crippen LogP contribution is -2.00. The van der Waals surface area contributed by atoms with Crippen LogP contribution in [0.25, 0.3) is 0 Å². The summed E-state index contributed by atoms with van der Waals surface area (Å²) in [7, 11) is 0. The van der Waals surface area contributed by atoms with Crippen LogP contribution in [0.4, 0.5) is 0 Å². The molecule has 0 saturated heterocycles. The lowest BCUT2D eigenvalue weighted by Gasteiger charge is -2.14. The van der Waals surface area contributed by atoms with Gasteiger partial charge in [0.1, 0.15) is 0 Å². The van der Waals surface area contributed by atoms with Crippen LogP contribution in [0.5, 0.6) is 0 Å². The molecule has 0 heterocycles. The van der Waals surface area contributed by atoms with Crippen molar-refractivity contribution in [3.63, 3.8) is 0 Å². The van der Waals surface area contributed by atoms with E-state index in [1.54, 1.807) is 0 Å². The zero-order valence-electron chi connectivity index (χ0n) is 11.3. The van der Waals surface area contributed by atoms with Crippen molar-refractivity contribution in [3.8, 4) is 0 Å². The summed E-state index contributed by atoms with van der Waals surface area (Å²) in [6.45, 7) is 13.4. The van der Waals surface area contributed by atoms with E-state index in [1.807, 2.05) is 0 Å². The molecule has 0 aromatic carbocycles. The van der Waals surface area contributed by atoms with E-state index in [0.717, 1.165) is 11.8 Å². The second kappa shape index (κ2) is 9.00. The van der Waals surface area contributed by atoms with Crippen LogP contribution in [0, 0.1) is 11.8 Å². The Morgan fingerprint density at radius 1 is 0.933 bits per heavy atom. The minimum Gasteiger partial charge on any atom is -0.0999 e. The molecule has 0 aromatic rings. The highest BCUT2D eigenvalue weighted by Gasteiger charge is 2.06. The van der Waals surface area contributed by atoms with Crippen molar-refractivity contribution in [3.05, 3.63) is 12.2 Å². The van der Waals surface area contributed by atoms with Crippen molar-refractivity contribution >= 4 is 0 Å². The molecule has 90 valence electrons. The molecule has 0 aliphatic carbocycles. The first-order valence-corrected chi connectivity index (χ1v) is 6.76. The van der Waals surface area contributed by atoms with Crippen molar-refractivity contribution in [1.82, 2.24) is 0 Å². The molecule has 0 radical (unpaired) electrons. The largest absolute Gasteiger partial charge is 0.0999 e. The van der Waals surface area contributed by atoms with E-state index in [1.165, 1.54) is 50.5 Å². The fraction of sp³-hybridized carbons (Fsp3) is 0.867. The molecular weight excluding hydrogens is 180 g/mol. The minimum atomic E-state index is 0.882. The summed E-state index contributed by atoms with van der Waals surface area (Å²) in [6.07, 6.45) is 9.19. The van der Waals surface area contributed by atoms with E-state index in [4.69, 9.17) is 0 Å². The first kappa shape index (κ1) is 14.7. The first-order chi connectivity index (χ1) is 7.10. The summed E-state index contributed by atoms with van der Waals surface area (Å²) in [6, 6.07) is 0. The Bertz CT molecular complexity index is 157. The molecule has 0 amide bonds. The summed E-state index contributed by atoms with van der Waals surface area (Å²) < 4.78 is 0. The number of hydrogen-bond acceptors (Lipinski definition) is 0. The third-order valence-electron chi connectivity index (χ3n) is 3.44. The van der Waals surface area contributed by atoms with Gasteiger partial charge in [0.05, 0.1) is 0 Å². The van der Waals surface area contributed by atoms with Crippen molar-refractivity contribution in [2.45, 2.75) is 72.6 Å². The monoisotopic (exact) mass is 210 g/mol. The maximum absolute atomic E-state index is 4.13. The highest BCUT2D eigenvalue weighted by molar-refractivity contribution is 4.93. The number of hydrogen-bond donors (Lipinski definition) is 0. The van der Waals surface area contributed by atoms with Crippen molar-refractivity contribution in [1.29, 1.82) is 0 Å². The molecule has 0 aliphatic heterocycles. The average Bonchev–Trinajstić information content (AvgIpc) is 2.23. The molecule has 0 aromatic heterocycles. The quantitative estimate of drug-likeness (QED) is 0.435. The van der Waals surface area contributed by atoms with Crippen LogP contribution < -0.4 is 0 Å². The normalized spacial score (nSPS) is 14.9. The van der Waals surface area contributed by atoms with Crippen LogP contribution in [-0.2, 0) is 0 Å². The van der Waals surface area contributed by atoms with Gasteiger partial charge in [-0.1, -0.05) is 65.5 Å². The van der Waals surface area contributed by atoms with Crippen LogP contribution in [-0.4, -0.2) is 0 Å². The van der Waals surface area contributed by atoms with Gasteiger partial charge in [0, 0.05) is 0 Å². The smallest absolute Gasteiger partial charge is 0.0320 e. The topological polar surface area (TPSA) is 0 Å². The minimum absolute atomic E-state index is 0.882. The summed E-state index contributed by atoms with van der Waals surface area (Å²) in [5.74, 6) is 1.79. The van der Waals surface area contributed by atoms with Gasteiger partial charge in [-0.25, -0.2) is 0 Å². The van der Waals surface area contributed by atoms with Crippen molar-refractivity contribution in [2.75, 3.05) is 0 Å². The van der Waals surface area contributed by atoms with E-state index >= 15 is 0 Å². The summed E-state index contributed by atoms with van der Waals surface area (Å²) in [5.41, 5.74) is 1.45. The van der Waals surface area contributed by atoms with Gasteiger partial charge in [0.15, 0.2) is 0 Å². The Balaban J connectivity index is 3.48. The maximum atomic E-state index is 4.13. The average molecular weight is 210 g/mol. The standard InChI is InChI=1S/C15H30/c1-6-8-14(4)11-12-15(5)10-9-13(3)7-2/h13,15H,4,6-12H2,1-3,5H3. The number of allylic oxidation sites excluding steroid dienone is 1. The van der Waals surface area contributed by atoms with E-state index in [9.17, 15) is 0 Å². The molecule has 0 fully saturated rings. The van der Waals surface area contributed by atoms with E-state index in [2.05, 4.69) is 34.3 Å². The predicted octanol–water partition coefficient (Wildman–Crippen LogP) is 5.59. The Morgan fingerprint density at radius 3 is 2.07 bits per heavy atom.